The zero-order chi connectivity index (χ0) is 22.1. The lowest BCUT2D eigenvalue weighted by Gasteiger charge is -2.16. The number of aliphatic carboxylic acids is 1. The molecule has 1 aromatic heterocycles. The zero-order valence-corrected chi connectivity index (χ0v) is 18.6. The van der Waals surface area contributed by atoms with Gasteiger partial charge < -0.3 is 19.7 Å². The van der Waals surface area contributed by atoms with Gasteiger partial charge in [-0.3, -0.25) is 9.59 Å². The van der Waals surface area contributed by atoms with Crippen molar-refractivity contribution < 1.29 is 19.4 Å². The second-order valence-electron chi connectivity index (χ2n) is 7.49. The van der Waals surface area contributed by atoms with Crippen molar-refractivity contribution in [2.45, 2.75) is 45.7 Å². The first kappa shape index (κ1) is 24.2. The van der Waals surface area contributed by atoms with Gasteiger partial charge in [0, 0.05) is 41.4 Å². The Labute approximate surface area is 186 Å². The van der Waals surface area contributed by atoms with E-state index in [0.717, 1.165) is 11.3 Å². The molecule has 2 aromatic rings. The summed E-state index contributed by atoms with van der Waals surface area (Å²) in [6.45, 7) is 4.94. The number of rotatable bonds is 12. The van der Waals surface area contributed by atoms with Gasteiger partial charge in [-0.25, -0.2) is 4.98 Å². The Bertz CT molecular complexity index is 834. The number of carboxylic acid groups (broad SMARTS) is 1. The quantitative estimate of drug-likeness (QED) is 0.472. The maximum absolute atomic E-state index is 11.9. The average Bonchev–Trinajstić information content (AvgIpc) is 3.06. The molecule has 0 saturated carbocycles. The number of nitrogens with zero attached hydrogens (tertiary/aromatic N) is 2. The van der Waals surface area contributed by atoms with Crippen LogP contribution < -0.4 is 5.32 Å². The number of carbonyl (C=O) groups is 2. The van der Waals surface area contributed by atoms with Crippen molar-refractivity contribution in [2.24, 2.45) is 5.92 Å². The summed E-state index contributed by atoms with van der Waals surface area (Å²) in [6, 6.07) is 4.70. The van der Waals surface area contributed by atoms with Crippen LogP contribution in [0.3, 0.4) is 0 Å². The molecule has 0 aliphatic carbocycles. The minimum atomic E-state index is -0.911. The first-order chi connectivity index (χ1) is 14.2. The van der Waals surface area contributed by atoms with Crippen molar-refractivity contribution in [3.8, 4) is 0 Å². The van der Waals surface area contributed by atoms with Crippen LogP contribution in [0.4, 0.5) is 0 Å². The van der Waals surface area contributed by atoms with E-state index in [-0.39, 0.29) is 31.5 Å². The largest absolute Gasteiger partial charge is 0.480 e. The van der Waals surface area contributed by atoms with Gasteiger partial charge in [-0.15, -0.1) is 0 Å². The summed E-state index contributed by atoms with van der Waals surface area (Å²) in [7, 11) is 0. The summed E-state index contributed by atoms with van der Waals surface area (Å²) in [5, 5.41) is 13.2. The van der Waals surface area contributed by atoms with Crippen LogP contribution in [-0.2, 0) is 27.3 Å². The van der Waals surface area contributed by atoms with Crippen molar-refractivity contribution in [1.82, 2.24) is 14.9 Å². The number of halogens is 2. The lowest BCUT2D eigenvalue weighted by Crippen LogP contribution is -2.39. The Morgan fingerprint density at radius 1 is 1.23 bits per heavy atom. The predicted molar refractivity (Wildman–Crippen MR) is 116 cm³/mol. The van der Waals surface area contributed by atoms with E-state index in [0.29, 0.717) is 29.4 Å². The van der Waals surface area contributed by atoms with Gasteiger partial charge in [0.15, 0.2) is 0 Å². The van der Waals surface area contributed by atoms with Gasteiger partial charge in [-0.1, -0.05) is 37.0 Å². The lowest BCUT2D eigenvalue weighted by molar-refractivity contribution is -0.144. The molecule has 164 valence electrons. The van der Waals surface area contributed by atoms with Crippen LogP contribution in [0.15, 0.2) is 30.7 Å². The summed E-state index contributed by atoms with van der Waals surface area (Å²) in [6.07, 6.45) is 4.56. The lowest BCUT2D eigenvalue weighted by atomic mass is 10.0. The highest BCUT2D eigenvalue weighted by molar-refractivity contribution is 6.34. The molecule has 1 heterocycles. The molecule has 1 unspecified atom stereocenters. The van der Waals surface area contributed by atoms with E-state index < -0.39 is 12.0 Å². The highest BCUT2D eigenvalue weighted by Gasteiger charge is 2.18. The van der Waals surface area contributed by atoms with Crippen LogP contribution in [0.5, 0.6) is 0 Å². The number of esters is 1. The van der Waals surface area contributed by atoms with Crippen molar-refractivity contribution >= 4 is 35.1 Å². The van der Waals surface area contributed by atoms with Gasteiger partial charge in [0.1, 0.15) is 6.04 Å². The van der Waals surface area contributed by atoms with E-state index in [2.05, 4.69) is 10.3 Å². The zero-order valence-electron chi connectivity index (χ0n) is 17.1. The van der Waals surface area contributed by atoms with Gasteiger partial charge in [0.2, 0.25) is 0 Å². The van der Waals surface area contributed by atoms with Crippen LogP contribution in [-0.4, -0.2) is 45.8 Å². The first-order valence-electron chi connectivity index (χ1n) is 9.80. The predicted octanol–water partition coefficient (Wildman–Crippen LogP) is 3.80. The van der Waals surface area contributed by atoms with Crippen molar-refractivity contribution in [1.29, 1.82) is 0 Å². The molecule has 1 atom stereocenters. The molecule has 0 saturated heterocycles. The molecule has 0 fully saturated rings. The molecular formula is C21H27Cl2N3O4. The summed E-state index contributed by atoms with van der Waals surface area (Å²) >= 11 is 12.1. The summed E-state index contributed by atoms with van der Waals surface area (Å²) < 4.78 is 7.22. The van der Waals surface area contributed by atoms with Gasteiger partial charge >= 0.3 is 11.9 Å². The molecule has 0 spiro atoms. The third-order valence-corrected chi connectivity index (χ3v) is 4.86. The smallest absolute Gasteiger partial charge is 0.320 e. The Morgan fingerprint density at radius 3 is 2.57 bits per heavy atom. The van der Waals surface area contributed by atoms with Gasteiger partial charge in [-0.2, -0.15) is 0 Å². The molecule has 1 aromatic carbocycles. The van der Waals surface area contributed by atoms with Gasteiger partial charge in [-0.05, 0) is 36.1 Å². The highest BCUT2D eigenvalue weighted by atomic mass is 35.5. The number of ether oxygens (including phenoxy) is 1. The summed E-state index contributed by atoms with van der Waals surface area (Å²) in [5.41, 5.74) is 1.86. The molecule has 0 radical (unpaired) electrons. The van der Waals surface area contributed by atoms with E-state index in [1.54, 1.807) is 18.6 Å². The molecule has 2 N–H and O–H groups in total. The number of carboxylic acids is 1. The van der Waals surface area contributed by atoms with Crippen LogP contribution in [0.25, 0.3) is 0 Å². The van der Waals surface area contributed by atoms with E-state index in [1.165, 1.54) is 0 Å². The Balaban J connectivity index is 1.76. The number of benzene rings is 1. The number of imidazole rings is 1. The van der Waals surface area contributed by atoms with Crippen molar-refractivity contribution in [3.05, 3.63) is 52.0 Å². The van der Waals surface area contributed by atoms with Gasteiger partial charge in [0.05, 0.1) is 19.4 Å². The van der Waals surface area contributed by atoms with Crippen LogP contribution >= 0.6 is 23.2 Å². The van der Waals surface area contributed by atoms with Crippen molar-refractivity contribution in [2.75, 3.05) is 13.2 Å². The van der Waals surface area contributed by atoms with E-state index in [4.69, 9.17) is 27.9 Å². The molecule has 0 aliphatic heterocycles. The van der Waals surface area contributed by atoms with Crippen molar-refractivity contribution in [3.63, 3.8) is 0 Å². The van der Waals surface area contributed by atoms with Crippen LogP contribution in [0, 0.1) is 5.92 Å². The normalized spacial score (nSPS) is 12.2. The Kier molecular flexibility index (Phi) is 9.62. The standard InChI is InChI=1S/C21H27Cl2N3O4/c1-14(2)7-19(21(28)29)25-5-3-20(27)30-6-4-18-11-24-13-26(18)12-15-8-16(22)10-17(23)9-15/h8-11,13-14,19,25H,3-7,12H2,1-2H3,(H,28,29). The van der Waals surface area contributed by atoms with Crippen LogP contribution in [0.2, 0.25) is 10.0 Å². The summed E-state index contributed by atoms with van der Waals surface area (Å²) in [5.74, 6) is -1.03. The third kappa shape index (κ3) is 8.34. The average molecular weight is 456 g/mol. The number of hydrogen-bond acceptors (Lipinski definition) is 5. The number of aromatic nitrogens is 2. The first-order valence-corrected chi connectivity index (χ1v) is 10.6. The number of nitrogens with one attached hydrogen (secondary N) is 1. The topological polar surface area (TPSA) is 93.5 Å². The molecule has 0 aliphatic rings. The fourth-order valence-electron chi connectivity index (χ4n) is 3.03. The summed E-state index contributed by atoms with van der Waals surface area (Å²) in [4.78, 5) is 27.3. The maximum atomic E-state index is 11.9. The minimum Gasteiger partial charge on any atom is -0.480 e. The minimum absolute atomic E-state index is 0.113. The van der Waals surface area contributed by atoms with Crippen LogP contribution in [0.1, 0.15) is 37.9 Å². The molecule has 30 heavy (non-hydrogen) atoms. The van der Waals surface area contributed by atoms with E-state index in [1.807, 2.05) is 30.5 Å². The second kappa shape index (κ2) is 11.9. The molecular weight excluding hydrogens is 429 g/mol. The molecule has 0 amide bonds. The molecule has 0 bridgehead atoms. The Hall–Kier alpha value is -2.09. The number of hydrogen-bond donors (Lipinski definition) is 2. The fraction of sp³-hybridized carbons (Fsp3) is 0.476. The van der Waals surface area contributed by atoms with Gasteiger partial charge in [0.25, 0.3) is 0 Å². The SMILES string of the molecule is CC(C)CC(NCCC(=O)OCCc1cncn1Cc1cc(Cl)cc(Cl)c1)C(=O)O. The number of carbonyl (C=O) groups excluding carboxylic acids is 1. The maximum Gasteiger partial charge on any atom is 0.320 e. The molecule has 2 rings (SSSR count). The molecule has 7 nitrogen and oxygen atoms in total. The second-order valence-corrected chi connectivity index (χ2v) is 8.36. The molecule has 9 heteroatoms. The monoisotopic (exact) mass is 455 g/mol. The third-order valence-electron chi connectivity index (χ3n) is 4.42. The van der Waals surface area contributed by atoms with E-state index >= 15 is 0 Å². The fourth-order valence-corrected chi connectivity index (χ4v) is 3.60. The van der Waals surface area contributed by atoms with E-state index in [9.17, 15) is 14.7 Å². The Morgan fingerprint density at radius 2 is 1.93 bits per heavy atom. The highest BCUT2D eigenvalue weighted by Crippen LogP contribution is 2.20.